The van der Waals surface area contributed by atoms with Gasteiger partial charge in [0.1, 0.15) is 5.82 Å². The van der Waals surface area contributed by atoms with Gasteiger partial charge in [0, 0.05) is 13.5 Å². The molecule has 1 aromatic rings. The third-order valence-corrected chi connectivity index (χ3v) is 2.07. The highest BCUT2D eigenvalue weighted by Crippen LogP contribution is 2.13. The number of aromatic nitrogens is 1. The van der Waals surface area contributed by atoms with E-state index >= 15 is 0 Å². The largest absolute Gasteiger partial charge is 0.397 e. The Labute approximate surface area is 90.1 Å². The molecule has 0 saturated carbocycles. The van der Waals surface area contributed by atoms with Gasteiger partial charge >= 0.3 is 0 Å². The van der Waals surface area contributed by atoms with E-state index < -0.39 is 0 Å². The van der Waals surface area contributed by atoms with Crippen LogP contribution in [0.5, 0.6) is 0 Å². The van der Waals surface area contributed by atoms with Gasteiger partial charge in [-0.3, -0.25) is 9.69 Å². The molecular formula is C11H17N3O. The summed E-state index contributed by atoms with van der Waals surface area (Å²) in [6, 6.07) is 3.48. The average Bonchev–Trinajstić information content (AvgIpc) is 2.17. The molecule has 0 fully saturated rings. The fraction of sp³-hybridized carbons (Fsp3) is 0.455. The third kappa shape index (κ3) is 3.23. The normalized spacial score (nSPS) is 10.4. The number of nitrogen functional groups attached to an aromatic ring is 1. The van der Waals surface area contributed by atoms with Crippen LogP contribution in [0.3, 0.4) is 0 Å². The lowest BCUT2D eigenvalue weighted by atomic mass is 10.1. The van der Waals surface area contributed by atoms with Gasteiger partial charge in [-0.15, -0.1) is 0 Å². The minimum Gasteiger partial charge on any atom is -0.397 e. The van der Waals surface area contributed by atoms with E-state index in [1.165, 1.54) is 0 Å². The number of nitrogens with two attached hydrogens (primary N) is 1. The molecule has 0 atom stereocenters. The van der Waals surface area contributed by atoms with E-state index in [0.29, 0.717) is 23.8 Å². The number of carbonyl (C=O) groups excluding carboxylic acids is 1. The summed E-state index contributed by atoms with van der Waals surface area (Å²) < 4.78 is 0. The summed E-state index contributed by atoms with van der Waals surface area (Å²) in [5, 5.41) is 0. The van der Waals surface area contributed by atoms with Gasteiger partial charge in [-0.1, -0.05) is 13.8 Å². The topological polar surface area (TPSA) is 59.2 Å². The first-order valence-corrected chi connectivity index (χ1v) is 4.98. The molecule has 0 radical (unpaired) electrons. The first-order chi connectivity index (χ1) is 7.00. The first kappa shape index (κ1) is 11.5. The monoisotopic (exact) mass is 207 g/mol. The molecule has 15 heavy (non-hydrogen) atoms. The van der Waals surface area contributed by atoms with Crippen molar-refractivity contribution in [3.05, 3.63) is 18.3 Å². The molecule has 2 N–H and O–H groups in total. The zero-order chi connectivity index (χ0) is 11.4. The Balaban J connectivity index is 2.71. The smallest absolute Gasteiger partial charge is 0.228 e. The van der Waals surface area contributed by atoms with Crippen molar-refractivity contribution in [2.75, 3.05) is 17.7 Å². The maximum Gasteiger partial charge on any atom is 0.228 e. The summed E-state index contributed by atoms with van der Waals surface area (Å²) in [6.45, 7) is 4.03. The molecule has 4 heteroatoms. The van der Waals surface area contributed by atoms with E-state index in [-0.39, 0.29) is 5.91 Å². The molecule has 0 unspecified atom stereocenters. The summed E-state index contributed by atoms with van der Waals surface area (Å²) in [7, 11) is 1.73. The number of carbonyl (C=O) groups is 1. The lowest BCUT2D eigenvalue weighted by Crippen LogP contribution is -2.27. The fourth-order valence-corrected chi connectivity index (χ4v) is 1.21. The Hall–Kier alpha value is -1.58. The summed E-state index contributed by atoms with van der Waals surface area (Å²) in [5.41, 5.74) is 6.12. The van der Waals surface area contributed by atoms with Crippen LogP contribution in [-0.4, -0.2) is 17.9 Å². The van der Waals surface area contributed by atoms with Gasteiger partial charge in [0.15, 0.2) is 0 Å². The number of hydrogen-bond acceptors (Lipinski definition) is 3. The van der Waals surface area contributed by atoms with Gasteiger partial charge in [-0.2, -0.15) is 0 Å². The van der Waals surface area contributed by atoms with Crippen LogP contribution >= 0.6 is 0 Å². The van der Waals surface area contributed by atoms with E-state index in [1.54, 1.807) is 30.3 Å². The van der Waals surface area contributed by atoms with Crippen molar-refractivity contribution < 1.29 is 4.79 Å². The van der Waals surface area contributed by atoms with Crippen LogP contribution < -0.4 is 10.6 Å². The highest BCUT2D eigenvalue weighted by molar-refractivity contribution is 5.91. The van der Waals surface area contributed by atoms with Gasteiger partial charge in [-0.25, -0.2) is 4.98 Å². The summed E-state index contributed by atoms with van der Waals surface area (Å²) in [5.74, 6) is 1.06. The van der Waals surface area contributed by atoms with Gasteiger partial charge < -0.3 is 5.73 Å². The van der Waals surface area contributed by atoms with Crippen molar-refractivity contribution in [2.24, 2.45) is 5.92 Å². The zero-order valence-electron chi connectivity index (χ0n) is 9.40. The van der Waals surface area contributed by atoms with Gasteiger partial charge in [-0.05, 0) is 18.1 Å². The third-order valence-electron chi connectivity index (χ3n) is 2.07. The minimum atomic E-state index is 0.0715. The number of pyridine rings is 1. The molecular weight excluding hydrogens is 190 g/mol. The Morgan fingerprint density at radius 2 is 2.20 bits per heavy atom. The molecule has 0 aliphatic carbocycles. The lowest BCUT2D eigenvalue weighted by Gasteiger charge is -2.17. The van der Waals surface area contributed by atoms with Crippen molar-refractivity contribution in [1.82, 2.24) is 4.98 Å². The van der Waals surface area contributed by atoms with Gasteiger partial charge in [0.05, 0.1) is 11.9 Å². The number of rotatable bonds is 3. The molecule has 0 aliphatic rings. The molecule has 4 nitrogen and oxygen atoms in total. The summed E-state index contributed by atoms with van der Waals surface area (Å²) >= 11 is 0. The molecule has 0 saturated heterocycles. The second-order valence-electron chi connectivity index (χ2n) is 4.00. The van der Waals surface area contributed by atoms with Crippen LogP contribution in [0.25, 0.3) is 0 Å². The molecule has 1 rings (SSSR count). The van der Waals surface area contributed by atoms with E-state index in [0.717, 1.165) is 0 Å². The number of nitrogens with zero attached hydrogens (tertiary/aromatic N) is 2. The SMILES string of the molecule is CC(C)CC(=O)N(C)c1ccc(N)cn1. The van der Waals surface area contributed by atoms with Crippen LogP contribution in [0.2, 0.25) is 0 Å². The lowest BCUT2D eigenvalue weighted by molar-refractivity contribution is -0.119. The van der Waals surface area contributed by atoms with Crippen molar-refractivity contribution in [2.45, 2.75) is 20.3 Å². The van der Waals surface area contributed by atoms with Crippen LogP contribution in [0.1, 0.15) is 20.3 Å². The second-order valence-corrected chi connectivity index (χ2v) is 4.00. The molecule has 0 aromatic carbocycles. The van der Waals surface area contributed by atoms with E-state index in [4.69, 9.17) is 5.73 Å². The molecule has 1 aromatic heterocycles. The Morgan fingerprint density at radius 1 is 1.53 bits per heavy atom. The second kappa shape index (κ2) is 4.77. The molecule has 1 heterocycles. The molecule has 0 aliphatic heterocycles. The fourth-order valence-electron chi connectivity index (χ4n) is 1.21. The number of hydrogen-bond donors (Lipinski definition) is 1. The Kier molecular flexibility index (Phi) is 3.66. The maximum absolute atomic E-state index is 11.7. The summed E-state index contributed by atoms with van der Waals surface area (Å²) in [4.78, 5) is 17.3. The van der Waals surface area contributed by atoms with Crippen LogP contribution in [-0.2, 0) is 4.79 Å². The number of anilines is 2. The molecule has 1 amide bonds. The van der Waals surface area contributed by atoms with E-state index in [9.17, 15) is 4.79 Å². The predicted octanol–water partition coefficient (Wildman–Crippen LogP) is 1.67. The van der Waals surface area contributed by atoms with Gasteiger partial charge in [0.25, 0.3) is 0 Å². The maximum atomic E-state index is 11.7. The predicted molar refractivity (Wildman–Crippen MR) is 61.5 cm³/mol. The molecule has 82 valence electrons. The van der Waals surface area contributed by atoms with Gasteiger partial charge in [0.2, 0.25) is 5.91 Å². The minimum absolute atomic E-state index is 0.0715. The van der Waals surface area contributed by atoms with E-state index in [1.807, 2.05) is 13.8 Å². The first-order valence-electron chi connectivity index (χ1n) is 4.98. The Morgan fingerprint density at radius 3 is 2.67 bits per heavy atom. The van der Waals surface area contributed by atoms with Crippen LogP contribution in [0, 0.1) is 5.92 Å². The van der Waals surface area contributed by atoms with Crippen molar-refractivity contribution in [1.29, 1.82) is 0 Å². The molecule has 0 spiro atoms. The highest BCUT2D eigenvalue weighted by Gasteiger charge is 2.12. The van der Waals surface area contributed by atoms with Crippen molar-refractivity contribution in [3.63, 3.8) is 0 Å². The standard InChI is InChI=1S/C11H17N3O/c1-8(2)6-11(15)14(3)10-5-4-9(12)7-13-10/h4-5,7-8H,6,12H2,1-3H3. The highest BCUT2D eigenvalue weighted by atomic mass is 16.2. The van der Waals surface area contributed by atoms with Crippen molar-refractivity contribution >= 4 is 17.4 Å². The quantitative estimate of drug-likeness (QED) is 0.820. The van der Waals surface area contributed by atoms with E-state index in [2.05, 4.69) is 4.98 Å². The summed E-state index contributed by atoms with van der Waals surface area (Å²) in [6.07, 6.45) is 2.08. The molecule has 0 bridgehead atoms. The zero-order valence-corrected chi connectivity index (χ0v) is 9.40. The van der Waals surface area contributed by atoms with Crippen LogP contribution in [0.15, 0.2) is 18.3 Å². The average molecular weight is 207 g/mol. The Bertz CT molecular complexity index is 332. The van der Waals surface area contributed by atoms with Crippen LogP contribution in [0.4, 0.5) is 11.5 Å². The number of amides is 1. The van der Waals surface area contributed by atoms with Crippen molar-refractivity contribution in [3.8, 4) is 0 Å².